The first-order chi connectivity index (χ1) is 12.9. The number of sulfone groups is 1. The lowest BCUT2D eigenvalue weighted by Gasteiger charge is -2.35. The molecule has 0 amide bonds. The van der Waals surface area contributed by atoms with E-state index in [9.17, 15) is 18.5 Å². The van der Waals surface area contributed by atoms with Crippen molar-refractivity contribution in [2.24, 2.45) is 0 Å². The number of anilines is 1. The molecule has 9 heteroatoms. The molecular formula is C18H20ClN3O4S. The van der Waals surface area contributed by atoms with Crippen LogP contribution in [-0.4, -0.2) is 56.7 Å². The van der Waals surface area contributed by atoms with Crippen molar-refractivity contribution in [3.05, 3.63) is 63.7 Å². The number of rotatable bonds is 6. The Kier molecular flexibility index (Phi) is 5.98. The smallest absolute Gasteiger partial charge is 0.292 e. The minimum absolute atomic E-state index is 0.0279. The first-order valence-corrected chi connectivity index (χ1v) is 10.6. The van der Waals surface area contributed by atoms with Gasteiger partial charge in [0.05, 0.1) is 15.6 Å². The fourth-order valence-electron chi connectivity index (χ4n) is 3.11. The summed E-state index contributed by atoms with van der Waals surface area (Å²) in [4.78, 5) is 15.1. The van der Waals surface area contributed by atoms with Crippen LogP contribution in [0.4, 0.5) is 11.4 Å². The van der Waals surface area contributed by atoms with Gasteiger partial charge in [0, 0.05) is 43.8 Å². The topological polar surface area (TPSA) is 83.8 Å². The number of piperazine rings is 1. The number of nitro benzene ring substituents is 1. The van der Waals surface area contributed by atoms with Crippen LogP contribution >= 0.6 is 11.6 Å². The van der Waals surface area contributed by atoms with E-state index in [2.05, 4.69) is 4.90 Å². The maximum Gasteiger partial charge on any atom is 0.292 e. The molecule has 144 valence electrons. The molecule has 2 aromatic rings. The summed E-state index contributed by atoms with van der Waals surface area (Å²) in [7, 11) is -3.36. The molecule has 1 saturated heterocycles. The molecule has 1 aliphatic rings. The first kappa shape index (κ1) is 19.6. The summed E-state index contributed by atoms with van der Waals surface area (Å²) in [6.07, 6.45) is 0. The van der Waals surface area contributed by atoms with Crippen molar-refractivity contribution in [2.75, 3.05) is 43.4 Å². The number of nitro groups is 1. The molecule has 0 unspecified atom stereocenters. The third-order valence-corrected chi connectivity index (χ3v) is 6.60. The second-order valence-electron chi connectivity index (χ2n) is 6.35. The molecule has 0 N–H and O–H groups in total. The molecule has 27 heavy (non-hydrogen) atoms. The summed E-state index contributed by atoms with van der Waals surface area (Å²) in [6, 6.07) is 12.9. The third-order valence-electron chi connectivity index (χ3n) is 4.64. The van der Waals surface area contributed by atoms with Gasteiger partial charge in [-0.1, -0.05) is 23.7 Å². The Morgan fingerprint density at radius 1 is 1.00 bits per heavy atom. The van der Waals surface area contributed by atoms with E-state index >= 15 is 0 Å². The van der Waals surface area contributed by atoms with E-state index in [0.717, 1.165) is 0 Å². The molecule has 0 saturated carbocycles. The van der Waals surface area contributed by atoms with E-state index in [-0.39, 0.29) is 21.3 Å². The number of benzene rings is 2. The van der Waals surface area contributed by atoms with Crippen LogP contribution in [0.25, 0.3) is 0 Å². The molecule has 3 rings (SSSR count). The second kappa shape index (κ2) is 8.24. The maximum atomic E-state index is 12.4. The Hall–Kier alpha value is -2.16. The first-order valence-electron chi connectivity index (χ1n) is 8.56. The summed E-state index contributed by atoms with van der Waals surface area (Å²) in [5.74, 6) is 0.0279. The number of hydrogen-bond donors (Lipinski definition) is 0. The normalized spacial score (nSPS) is 15.7. The summed E-state index contributed by atoms with van der Waals surface area (Å²) in [6.45, 7) is 2.97. The Bertz CT molecular complexity index is 910. The Balaban J connectivity index is 1.57. The van der Waals surface area contributed by atoms with Crippen molar-refractivity contribution in [1.82, 2.24) is 4.90 Å². The molecule has 1 heterocycles. The Labute approximate surface area is 163 Å². The van der Waals surface area contributed by atoms with Crippen LogP contribution in [0.15, 0.2) is 53.4 Å². The summed E-state index contributed by atoms with van der Waals surface area (Å²) in [5.41, 5.74) is 0.701. The van der Waals surface area contributed by atoms with E-state index in [1.165, 1.54) is 18.2 Å². The summed E-state index contributed by atoms with van der Waals surface area (Å²) < 4.78 is 24.9. The Morgan fingerprint density at radius 3 is 2.26 bits per heavy atom. The third kappa shape index (κ3) is 4.77. The minimum atomic E-state index is -3.36. The van der Waals surface area contributed by atoms with Gasteiger partial charge in [-0.05, 0) is 30.3 Å². The average molecular weight is 410 g/mol. The van der Waals surface area contributed by atoms with E-state index in [1.807, 2.05) is 4.90 Å². The molecule has 0 aliphatic carbocycles. The van der Waals surface area contributed by atoms with Crippen LogP contribution in [0.2, 0.25) is 5.02 Å². The fraction of sp³-hybridized carbons (Fsp3) is 0.333. The van der Waals surface area contributed by atoms with Crippen LogP contribution in [-0.2, 0) is 9.84 Å². The summed E-state index contributed by atoms with van der Waals surface area (Å²) >= 11 is 5.81. The lowest BCUT2D eigenvalue weighted by atomic mass is 10.2. The average Bonchev–Trinajstić information content (AvgIpc) is 2.67. The molecule has 7 nitrogen and oxygen atoms in total. The van der Waals surface area contributed by atoms with Gasteiger partial charge in [0.2, 0.25) is 0 Å². The van der Waals surface area contributed by atoms with Crippen molar-refractivity contribution in [3.63, 3.8) is 0 Å². The second-order valence-corrected chi connectivity index (χ2v) is 8.89. The van der Waals surface area contributed by atoms with Gasteiger partial charge in [0.1, 0.15) is 5.69 Å². The van der Waals surface area contributed by atoms with Gasteiger partial charge in [-0.25, -0.2) is 8.42 Å². The van der Waals surface area contributed by atoms with Crippen LogP contribution in [0.5, 0.6) is 0 Å². The van der Waals surface area contributed by atoms with Gasteiger partial charge in [0.25, 0.3) is 5.69 Å². The molecule has 0 spiro atoms. The predicted molar refractivity (Wildman–Crippen MR) is 105 cm³/mol. The highest BCUT2D eigenvalue weighted by Crippen LogP contribution is 2.28. The molecule has 0 atom stereocenters. The lowest BCUT2D eigenvalue weighted by Crippen LogP contribution is -2.47. The maximum absolute atomic E-state index is 12.4. The number of para-hydroxylation sites is 2. The van der Waals surface area contributed by atoms with Gasteiger partial charge in [-0.3, -0.25) is 15.0 Å². The van der Waals surface area contributed by atoms with E-state index < -0.39 is 9.84 Å². The van der Waals surface area contributed by atoms with Crippen molar-refractivity contribution < 1.29 is 13.3 Å². The van der Waals surface area contributed by atoms with Gasteiger partial charge in [0.15, 0.2) is 9.84 Å². The SMILES string of the molecule is O=[N+]([O-])c1ccccc1N1CCN(CCS(=O)(=O)c2ccc(Cl)cc2)CC1. The van der Waals surface area contributed by atoms with Crippen LogP contribution < -0.4 is 4.90 Å². The lowest BCUT2D eigenvalue weighted by molar-refractivity contribution is -0.384. The number of hydrogen-bond acceptors (Lipinski definition) is 6. The van der Waals surface area contributed by atoms with Gasteiger partial charge >= 0.3 is 0 Å². The molecule has 0 radical (unpaired) electrons. The van der Waals surface area contributed by atoms with Crippen molar-refractivity contribution >= 4 is 32.8 Å². The van der Waals surface area contributed by atoms with Gasteiger partial charge in [-0.15, -0.1) is 0 Å². The zero-order valence-electron chi connectivity index (χ0n) is 14.6. The van der Waals surface area contributed by atoms with Crippen LogP contribution in [0, 0.1) is 10.1 Å². The quantitative estimate of drug-likeness (QED) is 0.538. The van der Waals surface area contributed by atoms with Gasteiger partial charge in [-0.2, -0.15) is 0 Å². The largest absolute Gasteiger partial charge is 0.363 e. The van der Waals surface area contributed by atoms with Crippen molar-refractivity contribution in [1.29, 1.82) is 0 Å². The van der Waals surface area contributed by atoms with Crippen LogP contribution in [0.1, 0.15) is 0 Å². The standard InChI is InChI=1S/C18H20ClN3O4S/c19-15-5-7-16(8-6-15)27(25,26)14-13-20-9-11-21(12-10-20)17-3-1-2-4-18(17)22(23)24/h1-8H,9-14H2. The zero-order valence-corrected chi connectivity index (χ0v) is 16.2. The predicted octanol–water partition coefficient (Wildman–Crippen LogP) is 2.84. The van der Waals surface area contributed by atoms with E-state index in [1.54, 1.807) is 30.3 Å². The monoisotopic (exact) mass is 409 g/mol. The molecule has 0 bridgehead atoms. The molecular weight excluding hydrogens is 390 g/mol. The molecule has 2 aromatic carbocycles. The highest BCUT2D eigenvalue weighted by atomic mass is 35.5. The highest BCUT2D eigenvalue weighted by Gasteiger charge is 2.24. The highest BCUT2D eigenvalue weighted by molar-refractivity contribution is 7.91. The number of nitrogens with zero attached hydrogens (tertiary/aromatic N) is 3. The summed E-state index contributed by atoms with van der Waals surface area (Å²) in [5, 5.41) is 11.7. The Morgan fingerprint density at radius 2 is 1.63 bits per heavy atom. The van der Waals surface area contributed by atoms with E-state index in [4.69, 9.17) is 11.6 Å². The number of halogens is 1. The fourth-order valence-corrected chi connectivity index (χ4v) is 4.52. The van der Waals surface area contributed by atoms with E-state index in [0.29, 0.717) is 43.4 Å². The minimum Gasteiger partial charge on any atom is -0.363 e. The zero-order chi connectivity index (χ0) is 19.4. The molecule has 1 fully saturated rings. The molecule has 1 aliphatic heterocycles. The van der Waals surface area contributed by atoms with Crippen molar-refractivity contribution in [2.45, 2.75) is 4.90 Å². The molecule has 0 aromatic heterocycles. The van der Waals surface area contributed by atoms with Gasteiger partial charge < -0.3 is 4.90 Å². The van der Waals surface area contributed by atoms with Crippen LogP contribution in [0.3, 0.4) is 0 Å². The van der Waals surface area contributed by atoms with Crippen molar-refractivity contribution in [3.8, 4) is 0 Å².